The minimum absolute atomic E-state index is 0.144. The second-order valence-electron chi connectivity index (χ2n) is 15.0. The summed E-state index contributed by atoms with van der Waals surface area (Å²) in [5.74, 6) is 0.792. The van der Waals surface area contributed by atoms with Crippen LogP contribution in [-0.4, -0.2) is 107 Å². The number of piperidine rings is 2. The van der Waals surface area contributed by atoms with E-state index in [2.05, 4.69) is 26.8 Å². The van der Waals surface area contributed by atoms with Crippen LogP contribution in [0.4, 0.5) is 13.2 Å². The highest BCUT2D eigenvalue weighted by atomic mass is 32.2. The summed E-state index contributed by atoms with van der Waals surface area (Å²) < 4.78 is 71.8. The van der Waals surface area contributed by atoms with E-state index in [1.165, 1.54) is 34.0 Å². The number of halogens is 3. The van der Waals surface area contributed by atoms with E-state index >= 15 is 0 Å². The molecule has 4 aliphatic heterocycles. The number of benzene rings is 2. The Morgan fingerprint density at radius 3 is 2.40 bits per heavy atom. The van der Waals surface area contributed by atoms with Crippen molar-refractivity contribution >= 4 is 27.7 Å². The normalized spacial score (nSPS) is 21.4. The van der Waals surface area contributed by atoms with Gasteiger partial charge in [0.05, 0.1) is 17.5 Å². The number of aromatic nitrogens is 2. The average Bonchev–Trinajstić information content (AvgIpc) is 3.74. The Labute approximate surface area is 315 Å². The van der Waals surface area contributed by atoms with Gasteiger partial charge in [0.1, 0.15) is 0 Å². The molecule has 1 atom stereocenters. The highest BCUT2D eigenvalue weighted by Gasteiger charge is 2.36. The predicted octanol–water partition coefficient (Wildman–Crippen LogP) is 6.68. The molecule has 14 heteroatoms. The number of hydrogen-bond acceptors (Lipinski definition) is 7. The summed E-state index contributed by atoms with van der Waals surface area (Å²) in [5.41, 5.74) is 3.45. The number of carbonyl (C=O) groups excluding carboxylic acids is 1. The summed E-state index contributed by atoms with van der Waals surface area (Å²) in [6.45, 7) is 6.35. The summed E-state index contributed by atoms with van der Waals surface area (Å²) in [7, 11) is -3.48. The molecule has 5 heterocycles. The van der Waals surface area contributed by atoms with Crippen molar-refractivity contribution in [3.63, 3.8) is 0 Å². The molecule has 7 rings (SSSR count). The fourth-order valence-corrected chi connectivity index (χ4v) is 10.6. The monoisotopic (exact) mass is 772 g/mol. The fourth-order valence-electron chi connectivity index (χ4n) is 8.73. The fraction of sp³-hybridized carbons (Fsp3) is 0.590. The van der Waals surface area contributed by atoms with Crippen LogP contribution in [0.3, 0.4) is 0 Å². The number of thioether (sulfide) groups is 1. The van der Waals surface area contributed by atoms with Gasteiger partial charge < -0.3 is 9.80 Å². The van der Waals surface area contributed by atoms with Crippen molar-refractivity contribution in [1.29, 1.82) is 0 Å². The number of aryl methyl sites for hydroxylation is 1. The average molecular weight is 773 g/mol. The molecule has 9 nitrogen and oxygen atoms in total. The first-order valence-corrected chi connectivity index (χ1v) is 22.0. The van der Waals surface area contributed by atoms with Gasteiger partial charge >= 0.3 is 6.18 Å². The van der Waals surface area contributed by atoms with Gasteiger partial charge in [0.25, 0.3) is 0 Å². The number of rotatable bonds is 12. The molecule has 2 aromatic carbocycles. The van der Waals surface area contributed by atoms with Gasteiger partial charge in [0.2, 0.25) is 15.9 Å². The van der Waals surface area contributed by atoms with Crippen LogP contribution in [0, 0.1) is 0 Å². The van der Waals surface area contributed by atoms with Crippen LogP contribution in [0.2, 0.25) is 0 Å². The van der Waals surface area contributed by atoms with Crippen LogP contribution in [0.1, 0.15) is 79.8 Å². The highest BCUT2D eigenvalue weighted by Crippen LogP contribution is 2.41. The molecule has 1 aromatic heterocycles. The van der Waals surface area contributed by atoms with Gasteiger partial charge in [-0.05, 0) is 69.3 Å². The minimum atomic E-state index is -4.51. The van der Waals surface area contributed by atoms with Gasteiger partial charge in [-0.25, -0.2) is 8.42 Å². The van der Waals surface area contributed by atoms with E-state index in [0.717, 1.165) is 95.0 Å². The number of hydrogen-bond donors (Lipinski definition) is 0. The van der Waals surface area contributed by atoms with Gasteiger partial charge in [-0.3, -0.25) is 14.4 Å². The van der Waals surface area contributed by atoms with Crippen molar-refractivity contribution in [2.24, 2.45) is 0 Å². The summed E-state index contributed by atoms with van der Waals surface area (Å²) >= 11 is 1.23. The SMILES string of the molecule is CS(=O)(=O)N1CCc2c(c(-c3ccc(C(F)(F)F)c(SCCN4CCCCC4c4ccccc4)c3)nn2CCCN2CCC(N3CCCC3=O)CC2)C1. The number of likely N-dealkylation sites (tertiary alicyclic amines) is 3. The number of amides is 1. The van der Waals surface area contributed by atoms with Gasteiger partial charge in [-0.15, -0.1) is 11.8 Å². The Morgan fingerprint density at radius 1 is 0.887 bits per heavy atom. The Balaban J connectivity index is 1.08. The van der Waals surface area contributed by atoms with Crippen LogP contribution in [0.25, 0.3) is 11.3 Å². The summed E-state index contributed by atoms with van der Waals surface area (Å²) in [6.07, 6.45) is 4.85. The van der Waals surface area contributed by atoms with E-state index < -0.39 is 21.8 Å². The minimum Gasteiger partial charge on any atom is -0.340 e. The summed E-state index contributed by atoms with van der Waals surface area (Å²) in [4.78, 5) is 19.3. The maximum atomic E-state index is 14.4. The number of alkyl halides is 3. The molecular formula is C39H51F3N6O3S2. The summed E-state index contributed by atoms with van der Waals surface area (Å²) in [6, 6.07) is 15.2. The number of nitrogens with zero attached hydrogens (tertiary/aromatic N) is 6. The van der Waals surface area contributed by atoms with Gasteiger partial charge in [-0.1, -0.05) is 42.8 Å². The maximum Gasteiger partial charge on any atom is 0.417 e. The maximum absolute atomic E-state index is 14.4. The van der Waals surface area contributed by atoms with E-state index in [-0.39, 0.29) is 23.4 Å². The van der Waals surface area contributed by atoms with Crippen molar-refractivity contribution < 1.29 is 26.4 Å². The smallest absolute Gasteiger partial charge is 0.340 e. The molecule has 3 aromatic rings. The molecule has 288 valence electrons. The zero-order valence-corrected chi connectivity index (χ0v) is 32.2. The third-order valence-corrected chi connectivity index (χ3v) is 13.8. The molecule has 0 aliphatic carbocycles. The van der Waals surface area contributed by atoms with E-state index in [1.54, 1.807) is 6.07 Å². The van der Waals surface area contributed by atoms with Crippen LogP contribution in [0.5, 0.6) is 0 Å². The van der Waals surface area contributed by atoms with Crippen LogP contribution in [-0.2, 0) is 40.5 Å². The number of sulfonamides is 1. The lowest BCUT2D eigenvalue weighted by atomic mass is 9.95. The van der Waals surface area contributed by atoms with E-state index in [0.29, 0.717) is 55.5 Å². The third-order valence-electron chi connectivity index (χ3n) is 11.5. The lowest BCUT2D eigenvalue weighted by molar-refractivity contribution is -0.139. The highest BCUT2D eigenvalue weighted by molar-refractivity contribution is 7.99. The van der Waals surface area contributed by atoms with E-state index in [9.17, 15) is 26.4 Å². The number of fused-ring (bicyclic) bond motifs is 1. The molecule has 1 amide bonds. The number of carbonyl (C=O) groups is 1. The lowest BCUT2D eigenvalue weighted by Gasteiger charge is -2.36. The molecular weight excluding hydrogens is 722 g/mol. The summed E-state index contributed by atoms with van der Waals surface area (Å²) in [5, 5.41) is 5.00. The quantitative estimate of drug-likeness (QED) is 0.190. The Morgan fingerprint density at radius 2 is 1.68 bits per heavy atom. The molecule has 0 N–H and O–H groups in total. The van der Waals surface area contributed by atoms with Gasteiger partial charge in [-0.2, -0.15) is 22.6 Å². The predicted molar refractivity (Wildman–Crippen MR) is 202 cm³/mol. The van der Waals surface area contributed by atoms with Gasteiger partial charge in [0.15, 0.2) is 0 Å². The molecule has 3 fully saturated rings. The van der Waals surface area contributed by atoms with E-state index in [4.69, 9.17) is 5.10 Å². The largest absolute Gasteiger partial charge is 0.417 e. The van der Waals surface area contributed by atoms with Crippen molar-refractivity contribution in [1.82, 2.24) is 28.8 Å². The van der Waals surface area contributed by atoms with Crippen LogP contribution >= 0.6 is 11.8 Å². The standard InChI is InChI=1S/C39H51F3N6O3S2/c1-53(50,51)46-24-17-35-32(28-46)38(43-48(35)21-8-18-44-22-15-31(16-23-44)47-20-7-12-37(47)49)30-13-14-33(39(40,41)42)36(27-30)52-26-25-45-19-6-5-11-34(45)29-9-3-2-4-10-29/h2-4,9-10,13-14,27,31,34H,5-8,11-12,15-26,28H2,1H3. The zero-order valence-electron chi connectivity index (χ0n) is 30.6. The molecule has 0 radical (unpaired) electrons. The molecule has 53 heavy (non-hydrogen) atoms. The molecule has 0 saturated carbocycles. The molecule has 0 spiro atoms. The topological polar surface area (TPSA) is 82.0 Å². The second-order valence-corrected chi connectivity index (χ2v) is 18.1. The van der Waals surface area contributed by atoms with Crippen molar-refractivity contribution in [3.05, 3.63) is 70.9 Å². The van der Waals surface area contributed by atoms with Crippen LogP contribution in [0.15, 0.2) is 53.4 Å². The molecule has 4 aliphatic rings. The van der Waals surface area contributed by atoms with Crippen LogP contribution < -0.4 is 0 Å². The Bertz CT molecular complexity index is 1850. The second kappa shape index (κ2) is 16.4. The van der Waals surface area contributed by atoms with E-state index in [1.807, 2.05) is 22.9 Å². The third kappa shape index (κ3) is 8.98. The van der Waals surface area contributed by atoms with Crippen molar-refractivity contribution in [2.45, 2.75) is 94.0 Å². The lowest BCUT2D eigenvalue weighted by Crippen LogP contribution is -2.45. The van der Waals surface area contributed by atoms with Crippen molar-refractivity contribution in [2.75, 3.05) is 57.8 Å². The van der Waals surface area contributed by atoms with Crippen molar-refractivity contribution in [3.8, 4) is 11.3 Å². The first-order valence-electron chi connectivity index (χ1n) is 19.1. The molecule has 0 bridgehead atoms. The molecule has 3 saturated heterocycles. The first-order chi connectivity index (χ1) is 25.5. The zero-order chi connectivity index (χ0) is 37.2. The first kappa shape index (κ1) is 38.4. The Kier molecular flexibility index (Phi) is 11.9. The molecule has 1 unspecified atom stereocenters. The van der Waals surface area contributed by atoms with Gasteiger partial charge in [0, 0.05) is 98.2 Å². The Hall–Kier alpha value is -2.91.